The summed E-state index contributed by atoms with van der Waals surface area (Å²) in [6.07, 6.45) is 27.1. The molecule has 0 saturated carbocycles. The molecule has 4 aromatic rings. The Kier molecular flexibility index (Phi) is 31.3. The summed E-state index contributed by atoms with van der Waals surface area (Å²) >= 11 is 0. The number of hydrogen-bond donors (Lipinski definition) is 3. The smallest absolute Gasteiger partial charge is 0.101 e. The second-order valence-corrected chi connectivity index (χ2v) is 18.0. The molecule has 0 spiro atoms. The van der Waals surface area contributed by atoms with Crippen molar-refractivity contribution in [1.29, 1.82) is 0 Å². The molecule has 370 valence electrons. The van der Waals surface area contributed by atoms with Crippen molar-refractivity contribution in [1.82, 2.24) is 0 Å². The Hall–Kier alpha value is -4.88. The maximum Gasteiger partial charge on any atom is 0.101 e. The number of fused-ring (bicyclic) bond motifs is 2. The first-order chi connectivity index (χ1) is 33.6. The van der Waals surface area contributed by atoms with Crippen LogP contribution in [0.2, 0.25) is 0 Å². The molecule has 1 fully saturated rings. The van der Waals surface area contributed by atoms with Crippen LogP contribution in [0.1, 0.15) is 137 Å². The predicted octanol–water partition coefficient (Wildman–Crippen LogP) is 14.7. The molecule has 4 aromatic carbocycles. The average Bonchev–Trinajstić information content (AvgIpc) is 3.37. The van der Waals surface area contributed by atoms with E-state index in [1.807, 2.05) is 79.8 Å². The van der Waals surface area contributed by atoms with Gasteiger partial charge in [0, 0.05) is 32.3 Å². The van der Waals surface area contributed by atoms with Crippen molar-refractivity contribution in [3.63, 3.8) is 0 Å². The monoisotopic (exact) mass is 926 g/mol. The number of allylic oxidation sites excluding steroid dienone is 5. The Balaban J connectivity index is 0.000000286. The number of aliphatic hydroxyl groups is 3. The van der Waals surface area contributed by atoms with Gasteiger partial charge < -0.3 is 24.8 Å². The molecule has 2 heterocycles. The number of aryl methyl sites for hydroxylation is 1. The number of hydrogen-bond acceptors (Lipinski definition) is 5. The van der Waals surface area contributed by atoms with Crippen LogP contribution in [0.4, 0.5) is 0 Å². The van der Waals surface area contributed by atoms with Crippen LogP contribution in [0.25, 0.3) is 6.08 Å². The molecule has 0 aromatic heterocycles. The minimum absolute atomic E-state index is 0.106. The van der Waals surface area contributed by atoms with E-state index in [0.29, 0.717) is 31.0 Å². The van der Waals surface area contributed by atoms with Gasteiger partial charge in [0.1, 0.15) is 6.10 Å². The normalized spacial score (nSPS) is 18.4. The standard InChI is InChI=1S/C14H18.C11H12O.2C11H14O.C8H14O.C8H16O/c1-11(2)10-13-8-5-7-12-6-3-4-9-14(12)13;1-2-11-10-6-4-3-5-9(10)7-8-12-11;2*1-2-5-10-6-3-4-7-11(10)8-9-12;1-3-8-6-7(2)4-5-9-8;1-3-4-5-8(2)6-7-9/h3-4,6,9-10,13H,5,7-8H2,1-2H3;2-6,11H,1,7-8H2;2-7,12H,8-9H2,1H3;2-4,6-7,12H,1,5,8-9H2;3,7-8H,1,4-6H2,2H3;3,8-9H,1,4-7H2,2H3/b;;5-2+;;;/t13-;11-;;;7-,8-;8-/m00..10/s1/i;;;1D;;. The van der Waals surface area contributed by atoms with E-state index in [0.717, 1.165) is 64.1 Å². The molecule has 0 amide bonds. The maximum absolute atomic E-state index is 8.81. The fraction of sp³-hybridized carbons (Fsp3) is 0.429. The van der Waals surface area contributed by atoms with Gasteiger partial charge in [-0.25, -0.2) is 0 Å². The Bertz CT molecular complexity index is 2080. The van der Waals surface area contributed by atoms with Gasteiger partial charge in [0.25, 0.3) is 0 Å². The Morgan fingerprint density at radius 1 is 0.721 bits per heavy atom. The number of ether oxygens (including phenoxy) is 2. The molecular formula is C63H88O5. The highest BCUT2D eigenvalue weighted by Crippen LogP contribution is 2.33. The molecule has 5 atom stereocenters. The van der Waals surface area contributed by atoms with Gasteiger partial charge in [-0.05, 0) is 154 Å². The van der Waals surface area contributed by atoms with Gasteiger partial charge >= 0.3 is 0 Å². The van der Waals surface area contributed by atoms with Crippen molar-refractivity contribution in [3.8, 4) is 0 Å². The molecule has 3 N–H and O–H groups in total. The molecule has 0 unspecified atom stereocenters. The highest BCUT2D eigenvalue weighted by Gasteiger charge is 2.18. The number of benzene rings is 4. The summed E-state index contributed by atoms with van der Waals surface area (Å²) in [6.45, 7) is 25.6. The van der Waals surface area contributed by atoms with Crippen LogP contribution in [-0.2, 0) is 41.6 Å². The molecular weight excluding hydrogens is 837 g/mol. The molecule has 7 rings (SSSR count). The highest BCUT2D eigenvalue weighted by atomic mass is 16.5. The summed E-state index contributed by atoms with van der Waals surface area (Å²) in [7, 11) is 0. The fourth-order valence-corrected chi connectivity index (χ4v) is 8.39. The van der Waals surface area contributed by atoms with E-state index in [9.17, 15) is 0 Å². The average molecular weight is 926 g/mol. The van der Waals surface area contributed by atoms with Crippen LogP contribution >= 0.6 is 0 Å². The van der Waals surface area contributed by atoms with E-state index < -0.39 is 0 Å². The Labute approximate surface area is 415 Å². The van der Waals surface area contributed by atoms with Gasteiger partial charge in [0.05, 0.1) is 14.1 Å². The third-order valence-electron chi connectivity index (χ3n) is 12.1. The molecule has 68 heavy (non-hydrogen) atoms. The van der Waals surface area contributed by atoms with E-state index in [-0.39, 0.29) is 19.3 Å². The largest absolute Gasteiger partial charge is 0.396 e. The van der Waals surface area contributed by atoms with Crippen LogP contribution in [0.15, 0.2) is 165 Å². The van der Waals surface area contributed by atoms with E-state index in [2.05, 4.69) is 108 Å². The quantitative estimate of drug-likeness (QED) is 0.104. The topological polar surface area (TPSA) is 79.2 Å². The summed E-state index contributed by atoms with van der Waals surface area (Å²) in [5, 5.41) is 26.1. The van der Waals surface area contributed by atoms with Gasteiger partial charge in [0.15, 0.2) is 0 Å². The summed E-state index contributed by atoms with van der Waals surface area (Å²) < 4.78 is 17.8. The molecule has 5 nitrogen and oxygen atoms in total. The van der Waals surface area contributed by atoms with Crippen molar-refractivity contribution >= 4 is 6.08 Å². The lowest BCUT2D eigenvalue weighted by molar-refractivity contribution is 0.0241. The molecule has 0 radical (unpaired) electrons. The first-order valence-electron chi connectivity index (χ1n) is 25.7. The molecule has 1 aliphatic carbocycles. The van der Waals surface area contributed by atoms with Gasteiger partial charge in [0.2, 0.25) is 0 Å². The first kappa shape index (κ1) is 57.4. The number of aliphatic hydroxyl groups excluding tert-OH is 3. The SMILES string of the molecule is C/C=C/c1ccccc1CCO.C=CCC[C@H](C)CCO.C=C[C@@H]1C[C@H](C)CCO1.C=C[C@@H]1OCCc2ccccc21.CC(C)=C[C@@H]1CCCc2ccccc21.[2H]C=CCc1ccccc1CCO. The van der Waals surface area contributed by atoms with E-state index >= 15 is 0 Å². The zero-order valence-electron chi connectivity index (χ0n) is 43.5. The summed E-state index contributed by atoms with van der Waals surface area (Å²) in [4.78, 5) is 0. The van der Waals surface area contributed by atoms with Gasteiger partial charge in [-0.1, -0.05) is 159 Å². The van der Waals surface area contributed by atoms with Crippen LogP contribution in [-0.4, -0.2) is 54.5 Å². The molecule has 1 saturated heterocycles. The second-order valence-electron chi connectivity index (χ2n) is 18.0. The minimum atomic E-state index is 0.106. The number of rotatable bonds is 15. The van der Waals surface area contributed by atoms with Crippen molar-refractivity contribution < 1.29 is 26.2 Å². The maximum atomic E-state index is 8.81. The Morgan fingerprint density at radius 3 is 1.96 bits per heavy atom. The van der Waals surface area contributed by atoms with E-state index in [1.54, 1.807) is 17.2 Å². The van der Waals surface area contributed by atoms with Gasteiger partial charge in [-0.15, -0.1) is 26.3 Å². The molecule has 3 aliphatic rings. The second kappa shape index (κ2) is 37.1. The minimum Gasteiger partial charge on any atom is -0.396 e. The first-order valence-corrected chi connectivity index (χ1v) is 25.1. The lowest BCUT2D eigenvalue weighted by Crippen LogP contribution is -2.21. The molecule has 5 heteroatoms. The van der Waals surface area contributed by atoms with Crippen LogP contribution in [0.3, 0.4) is 0 Å². The molecule has 2 aliphatic heterocycles. The van der Waals surface area contributed by atoms with Crippen LogP contribution in [0.5, 0.6) is 0 Å². The van der Waals surface area contributed by atoms with Crippen molar-refractivity contribution in [3.05, 3.63) is 210 Å². The van der Waals surface area contributed by atoms with Crippen LogP contribution < -0.4 is 0 Å². The lowest BCUT2D eigenvalue weighted by Gasteiger charge is -2.24. The van der Waals surface area contributed by atoms with Crippen molar-refractivity contribution in [2.45, 2.75) is 130 Å². The predicted molar refractivity (Wildman–Crippen MR) is 292 cm³/mol. The fourth-order valence-electron chi connectivity index (χ4n) is 8.39. The lowest BCUT2D eigenvalue weighted by atomic mass is 9.82. The van der Waals surface area contributed by atoms with E-state index in [4.69, 9.17) is 26.2 Å². The summed E-state index contributed by atoms with van der Waals surface area (Å²) in [5.41, 5.74) is 12.0. The molecule has 0 bridgehead atoms. The van der Waals surface area contributed by atoms with Gasteiger partial charge in [-0.2, -0.15) is 0 Å². The third kappa shape index (κ3) is 23.9. The zero-order valence-corrected chi connectivity index (χ0v) is 42.5. The van der Waals surface area contributed by atoms with Crippen molar-refractivity contribution in [2.75, 3.05) is 33.0 Å². The Morgan fingerprint density at radius 2 is 1.35 bits per heavy atom. The van der Waals surface area contributed by atoms with Crippen molar-refractivity contribution in [2.24, 2.45) is 11.8 Å². The van der Waals surface area contributed by atoms with Crippen LogP contribution in [0, 0.1) is 11.8 Å². The zero-order chi connectivity index (χ0) is 50.5. The third-order valence-corrected chi connectivity index (χ3v) is 12.1. The van der Waals surface area contributed by atoms with Gasteiger partial charge in [-0.3, -0.25) is 0 Å². The summed E-state index contributed by atoms with van der Waals surface area (Å²) in [5.74, 6) is 2.14. The highest BCUT2D eigenvalue weighted by molar-refractivity contribution is 5.53. The summed E-state index contributed by atoms with van der Waals surface area (Å²) in [6, 6.07) is 33.4. The van der Waals surface area contributed by atoms with E-state index in [1.165, 1.54) is 71.2 Å².